The molecule has 0 unspecified atom stereocenters. The number of nitrogen functional groups attached to an aromatic ring is 1. The molecule has 1 aromatic heterocycles. The molecule has 5 heteroatoms. The van der Waals surface area contributed by atoms with Gasteiger partial charge in [0.25, 0.3) is 0 Å². The van der Waals surface area contributed by atoms with E-state index in [1.165, 1.54) is 11.8 Å². The molecule has 0 atom stereocenters. The lowest BCUT2D eigenvalue weighted by molar-refractivity contribution is -0.132. The highest BCUT2D eigenvalue weighted by molar-refractivity contribution is 7.99. The third-order valence-corrected chi connectivity index (χ3v) is 2.79. The number of nitrogens with zero attached hydrogens (tertiary/aromatic N) is 1. The van der Waals surface area contributed by atoms with E-state index < -0.39 is 5.97 Å². The Morgan fingerprint density at radius 1 is 1.73 bits per heavy atom. The molecule has 1 rings (SSSR count). The van der Waals surface area contributed by atoms with E-state index in [-0.39, 0.29) is 0 Å². The summed E-state index contributed by atoms with van der Waals surface area (Å²) in [7, 11) is 0. The largest absolute Gasteiger partial charge is 0.478 e. The van der Waals surface area contributed by atoms with E-state index in [4.69, 9.17) is 10.8 Å². The highest BCUT2D eigenvalue weighted by Crippen LogP contribution is 2.23. The monoisotopic (exact) mass is 224 g/mol. The van der Waals surface area contributed by atoms with Gasteiger partial charge in [0.2, 0.25) is 0 Å². The summed E-state index contributed by atoms with van der Waals surface area (Å²) in [5.41, 5.74) is 6.63. The second-order valence-electron chi connectivity index (χ2n) is 2.92. The third kappa shape index (κ3) is 3.63. The van der Waals surface area contributed by atoms with Gasteiger partial charge in [0, 0.05) is 22.4 Å². The van der Waals surface area contributed by atoms with Gasteiger partial charge in [-0.3, -0.25) is 4.98 Å². The first-order valence-electron chi connectivity index (χ1n) is 4.33. The van der Waals surface area contributed by atoms with Gasteiger partial charge < -0.3 is 10.8 Å². The molecular formula is C10H12N2O2S. The summed E-state index contributed by atoms with van der Waals surface area (Å²) in [6, 6.07) is 1.81. The molecule has 0 saturated heterocycles. The summed E-state index contributed by atoms with van der Waals surface area (Å²) in [6.07, 6.45) is 4.90. The van der Waals surface area contributed by atoms with Gasteiger partial charge in [0.05, 0.1) is 11.9 Å². The number of hydrogen-bond acceptors (Lipinski definition) is 4. The molecule has 3 N–H and O–H groups in total. The van der Waals surface area contributed by atoms with E-state index in [0.29, 0.717) is 17.0 Å². The molecule has 0 bridgehead atoms. The zero-order chi connectivity index (χ0) is 11.3. The fourth-order valence-electron chi connectivity index (χ4n) is 0.869. The molecule has 15 heavy (non-hydrogen) atoms. The van der Waals surface area contributed by atoms with Crippen molar-refractivity contribution < 1.29 is 9.90 Å². The number of thioether (sulfide) groups is 1. The number of anilines is 1. The maximum atomic E-state index is 10.5. The maximum absolute atomic E-state index is 10.5. The van der Waals surface area contributed by atoms with Crippen molar-refractivity contribution in [2.24, 2.45) is 0 Å². The van der Waals surface area contributed by atoms with Gasteiger partial charge in [-0.05, 0) is 13.0 Å². The van der Waals surface area contributed by atoms with E-state index in [1.54, 1.807) is 25.4 Å². The van der Waals surface area contributed by atoms with Crippen LogP contribution in [0.1, 0.15) is 6.92 Å². The Hall–Kier alpha value is -1.49. The van der Waals surface area contributed by atoms with Crippen molar-refractivity contribution in [2.75, 3.05) is 11.5 Å². The fraction of sp³-hybridized carbons (Fsp3) is 0.200. The molecule has 0 aliphatic heterocycles. The van der Waals surface area contributed by atoms with Crippen LogP contribution in [0.15, 0.2) is 35.0 Å². The molecule has 4 nitrogen and oxygen atoms in total. The average molecular weight is 224 g/mol. The summed E-state index contributed by atoms with van der Waals surface area (Å²) >= 11 is 1.49. The smallest absolute Gasteiger partial charge is 0.330 e. The number of aromatic nitrogens is 1. The lowest BCUT2D eigenvalue weighted by atomic mass is 10.3. The Morgan fingerprint density at radius 3 is 3.07 bits per heavy atom. The van der Waals surface area contributed by atoms with Gasteiger partial charge in [-0.25, -0.2) is 4.79 Å². The normalized spacial score (nSPS) is 11.4. The topological polar surface area (TPSA) is 76.2 Å². The van der Waals surface area contributed by atoms with Crippen LogP contribution in [0, 0.1) is 0 Å². The molecular weight excluding hydrogens is 212 g/mol. The van der Waals surface area contributed by atoms with Crippen LogP contribution in [-0.2, 0) is 4.79 Å². The Bertz CT molecular complexity index is 391. The molecule has 0 aliphatic carbocycles. The summed E-state index contributed by atoms with van der Waals surface area (Å²) in [6.45, 7) is 1.57. The van der Waals surface area contributed by atoms with Crippen molar-refractivity contribution in [2.45, 2.75) is 11.8 Å². The van der Waals surface area contributed by atoms with Crippen molar-refractivity contribution in [1.82, 2.24) is 4.98 Å². The SMILES string of the molecule is CC(=CCSc1ccncc1N)C(=O)O. The second-order valence-corrected chi connectivity index (χ2v) is 3.98. The quantitative estimate of drug-likeness (QED) is 0.602. The van der Waals surface area contributed by atoms with Gasteiger partial charge in [0.1, 0.15) is 0 Å². The van der Waals surface area contributed by atoms with Gasteiger partial charge in [-0.15, -0.1) is 11.8 Å². The first-order valence-corrected chi connectivity index (χ1v) is 5.32. The average Bonchev–Trinajstić information content (AvgIpc) is 2.20. The van der Waals surface area contributed by atoms with Crippen molar-refractivity contribution in [3.05, 3.63) is 30.1 Å². The predicted octanol–water partition coefficient (Wildman–Crippen LogP) is 1.79. The number of nitrogens with two attached hydrogens (primary N) is 1. The fourth-order valence-corrected chi connectivity index (χ4v) is 1.76. The van der Waals surface area contributed by atoms with Crippen LogP contribution in [0.5, 0.6) is 0 Å². The van der Waals surface area contributed by atoms with Crippen molar-refractivity contribution in [3.8, 4) is 0 Å². The molecule has 0 radical (unpaired) electrons. The highest BCUT2D eigenvalue weighted by atomic mass is 32.2. The molecule has 0 aromatic carbocycles. The van der Waals surface area contributed by atoms with Crippen LogP contribution in [0.3, 0.4) is 0 Å². The van der Waals surface area contributed by atoms with Crippen LogP contribution in [0.2, 0.25) is 0 Å². The van der Waals surface area contributed by atoms with Crippen LogP contribution in [0.4, 0.5) is 5.69 Å². The Balaban J connectivity index is 2.55. The molecule has 1 heterocycles. The standard InChI is InChI=1S/C10H12N2O2S/c1-7(10(13)14)3-5-15-9-2-4-12-6-8(9)11/h2-4,6H,5,11H2,1H3,(H,13,14). The lowest BCUT2D eigenvalue weighted by Gasteiger charge is -2.01. The van der Waals surface area contributed by atoms with Crippen molar-refractivity contribution in [1.29, 1.82) is 0 Å². The first-order chi connectivity index (χ1) is 7.11. The Kier molecular flexibility index (Phi) is 4.17. The van der Waals surface area contributed by atoms with Gasteiger partial charge in [-0.2, -0.15) is 0 Å². The van der Waals surface area contributed by atoms with E-state index in [2.05, 4.69) is 4.98 Å². The zero-order valence-electron chi connectivity index (χ0n) is 8.30. The molecule has 0 aliphatic rings. The number of carboxylic acid groups (broad SMARTS) is 1. The molecule has 0 spiro atoms. The number of pyridine rings is 1. The zero-order valence-corrected chi connectivity index (χ0v) is 9.12. The van der Waals surface area contributed by atoms with Gasteiger partial charge in [-0.1, -0.05) is 6.08 Å². The van der Waals surface area contributed by atoms with Crippen LogP contribution in [0.25, 0.3) is 0 Å². The van der Waals surface area contributed by atoms with Crippen LogP contribution in [-0.4, -0.2) is 21.8 Å². The summed E-state index contributed by atoms with van der Waals surface area (Å²) in [4.78, 5) is 15.3. The van der Waals surface area contributed by atoms with Crippen molar-refractivity contribution >= 4 is 23.4 Å². The Morgan fingerprint density at radius 2 is 2.47 bits per heavy atom. The second kappa shape index (κ2) is 5.41. The van der Waals surface area contributed by atoms with E-state index in [9.17, 15) is 4.79 Å². The molecule has 0 saturated carbocycles. The minimum atomic E-state index is -0.890. The third-order valence-electron chi connectivity index (χ3n) is 1.78. The maximum Gasteiger partial charge on any atom is 0.330 e. The number of rotatable bonds is 4. The first kappa shape index (κ1) is 11.6. The van der Waals surface area contributed by atoms with Gasteiger partial charge in [0.15, 0.2) is 0 Å². The summed E-state index contributed by atoms with van der Waals surface area (Å²) in [5, 5.41) is 8.62. The van der Waals surface area contributed by atoms with E-state index in [1.807, 2.05) is 6.07 Å². The van der Waals surface area contributed by atoms with Gasteiger partial charge >= 0.3 is 5.97 Å². The molecule has 1 aromatic rings. The predicted molar refractivity (Wildman–Crippen MR) is 60.8 cm³/mol. The van der Waals surface area contributed by atoms with Crippen LogP contribution >= 0.6 is 11.8 Å². The van der Waals surface area contributed by atoms with E-state index >= 15 is 0 Å². The van der Waals surface area contributed by atoms with Crippen molar-refractivity contribution in [3.63, 3.8) is 0 Å². The minimum absolute atomic E-state index is 0.343. The lowest BCUT2D eigenvalue weighted by Crippen LogP contribution is -1.96. The number of aliphatic carboxylic acids is 1. The number of hydrogen-bond donors (Lipinski definition) is 2. The minimum Gasteiger partial charge on any atom is -0.478 e. The summed E-state index contributed by atoms with van der Waals surface area (Å²) in [5.74, 6) is -0.301. The Labute approximate surface area is 92.2 Å². The van der Waals surface area contributed by atoms with E-state index in [0.717, 1.165) is 4.90 Å². The molecule has 0 fully saturated rings. The highest BCUT2D eigenvalue weighted by Gasteiger charge is 2.00. The number of carbonyl (C=O) groups is 1. The molecule has 80 valence electrons. The van der Waals surface area contributed by atoms with Crippen LogP contribution < -0.4 is 5.73 Å². The number of carboxylic acids is 1. The molecule has 0 amide bonds. The summed E-state index contributed by atoms with van der Waals surface area (Å²) < 4.78 is 0.